The van der Waals surface area contributed by atoms with Gasteiger partial charge in [0.25, 0.3) is 0 Å². The van der Waals surface area contributed by atoms with Crippen LogP contribution < -0.4 is 4.74 Å². The van der Waals surface area contributed by atoms with E-state index in [-0.39, 0.29) is 5.92 Å². The summed E-state index contributed by atoms with van der Waals surface area (Å²) in [6.45, 7) is 0. The third kappa shape index (κ3) is 3.75. The van der Waals surface area contributed by atoms with Crippen LogP contribution in [0, 0.1) is 0 Å². The molecule has 0 aliphatic rings. The fourth-order valence-corrected chi connectivity index (χ4v) is 4.09. The number of fused-ring (bicyclic) bond motifs is 1. The lowest BCUT2D eigenvalue weighted by Crippen LogP contribution is -2.04. The number of hydrogen-bond donors (Lipinski definition) is 0. The first-order valence-corrected chi connectivity index (χ1v) is 10.2. The molecule has 4 rings (SSSR count). The van der Waals surface area contributed by atoms with E-state index in [0.29, 0.717) is 10.0 Å². The lowest BCUT2D eigenvalue weighted by Gasteiger charge is -2.21. The van der Waals surface area contributed by atoms with E-state index in [1.54, 1.807) is 13.3 Å². The average Bonchev–Trinajstić information content (AvgIpc) is 2.71. The van der Waals surface area contributed by atoms with Gasteiger partial charge in [0, 0.05) is 32.0 Å². The van der Waals surface area contributed by atoms with Crippen molar-refractivity contribution in [2.45, 2.75) is 5.92 Å². The van der Waals surface area contributed by atoms with Crippen LogP contribution in [0.25, 0.3) is 10.9 Å². The second-order valence-corrected chi connectivity index (χ2v) is 8.18. The molecule has 0 radical (unpaired) electrons. The largest absolute Gasteiger partial charge is 0.494 e. The van der Waals surface area contributed by atoms with Crippen molar-refractivity contribution in [3.8, 4) is 5.75 Å². The molecule has 1 heterocycles. The maximum Gasteiger partial charge on any atom is 0.145 e. The van der Waals surface area contributed by atoms with Crippen molar-refractivity contribution in [1.29, 1.82) is 0 Å². The first-order chi connectivity index (χ1) is 13.6. The van der Waals surface area contributed by atoms with E-state index in [9.17, 15) is 0 Å². The zero-order valence-corrected chi connectivity index (χ0v) is 18.1. The number of methoxy groups -OCH3 is 1. The molecule has 4 aromatic rings. The molecule has 0 atom stereocenters. The highest BCUT2D eigenvalue weighted by molar-refractivity contribution is 9.10. The van der Waals surface area contributed by atoms with Crippen molar-refractivity contribution in [3.05, 3.63) is 104 Å². The van der Waals surface area contributed by atoms with Gasteiger partial charge in [-0.3, -0.25) is 4.98 Å². The number of hydrogen-bond acceptors (Lipinski definition) is 2. The average molecular weight is 473 g/mol. The number of nitrogens with zero attached hydrogens (tertiary/aromatic N) is 1. The molecule has 0 spiro atoms. The van der Waals surface area contributed by atoms with Gasteiger partial charge in [-0.25, -0.2) is 0 Å². The number of pyridine rings is 1. The van der Waals surface area contributed by atoms with Crippen LogP contribution in [0.1, 0.15) is 22.6 Å². The summed E-state index contributed by atoms with van der Waals surface area (Å²) in [5, 5.41) is 2.42. The van der Waals surface area contributed by atoms with Crippen LogP contribution in [0.4, 0.5) is 0 Å². The van der Waals surface area contributed by atoms with E-state index < -0.39 is 0 Å². The van der Waals surface area contributed by atoms with Gasteiger partial charge < -0.3 is 4.74 Å². The van der Waals surface area contributed by atoms with E-state index in [4.69, 9.17) is 27.9 Å². The molecule has 0 N–H and O–H groups in total. The van der Waals surface area contributed by atoms with E-state index >= 15 is 0 Å². The Morgan fingerprint density at radius 3 is 1.93 bits per heavy atom. The Bertz CT molecular complexity index is 1080. The maximum atomic E-state index is 6.12. The Hall–Kier alpha value is -2.07. The van der Waals surface area contributed by atoms with Gasteiger partial charge in [-0.1, -0.05) is 63.4 Å². The van der Waals surface area contributed by atoms with Gasteiger partial charge in [0.1, 0.15) is 11.3 Å². The Balaban J connectivity index is 1.97. The molecule has 1 aromatic heterocycles. The van der Waals surface area contributed by atoms with Crippen molar-refractivity contribution >= 4 is 50.0 Å². The number of benzene rings is 3. The molecule has 140 valence electrons. The fourth-order valence-electron chi connectivity index (χ4n) is 3.42. The number of rotatable bonds is 4. The summed E-state index contributed by atoms with van der Waals surface area (Å²) in [6, 6.07) is 22.0. The third-order valence-electron chi connectivity index (χ3n) is 4.74. The number of aromatic nitrogens is 1. The van der Waals surface area contributed by atoms with E-state index in [2.05, 4.69) is 57.3 Å². The number of ether oxygens (including phenoxy) is 1. The van der Waals surface area contributed by atoms with E-state index in [0.717, 1.165) is 37.8 Å². The Kier molecular flexibility index (Phi) is 5.58. The van der Waals surface area contributed by atoms with Crippen molar-refractivity contribution in [2.24, 2.45) is 0 Å². The summed E-state index contributed by atoms with van der Waals surface area (Å²) < 4.78 is 6.63. The predicted molar refractivity (Wildman–Crippen MR) is 120 cm³/mol. The summed E-state index contributed by atoms with van der Waals surface area (Å²) >= 11 is 15.9. The van der Waals surface area contributed by atoms with Crippen molar-refractivity contribution in [2.75, 3.05) is 7.11 Å². The highest BCUT2D eigenvalue weighted by Crippen LogP contribution is 2.39. The third-order valence-corrected chi connectivity index (χ3v) is 5.93. The molecule has 0 bridgehead atoms. The molecule has 0 fully saturated rings. The molecule has 0 aliphatic heterocycles. The SMILES string of the molecule is COc1cc(C(c2ccc(Cl)cc2)c2ccc(Cl)cc2)cc2c(Br)ccnc12. The van der Waals surface area contributed by atoms with Gasteiger partial charge in [-0.05, 0) is 59.2 Å². The normalized spacial score (nSPS) is 11.2. The highest BCUT2D eigenvalue weighted by Gasteiger charge is 2.20. The topological polar surface area (TPSA) is 22.1 Å². The zero-order chi connectivity index (χ0) is 19.7. The zero-order valence-electron chi connectivity index (χ0n) is 15.0. The second-order valence-electron chi connectivity index (χ2n) is 6.45. The predicted octanol–water partition coefficient (Wildman–Crippen LogP) is 7.49. The maximum absolute atomic E-state index is 6.12. The lowest BCUT2D eigenvalue weighted by atomic mass is 9.84. The van der Waals surface area contributed by atoms with Crippen LogP contribution in [0.5, 0.6) is 5.75 Å². The van der Waals surface area contributed by atoms with Crippen molar-refractivity contribution < 1.29 is 4.74 Å². The molecule has 0 saturated carbocycles. The summed E-state index contributed by atoms with van der Waals surface area (Å²) in [6.07, 6.45) is 1.77. The quantitative estimate of drug-likeness (QED) is 0.287. The van der Waals surface area contributed by atoms with Gasteiger partial charge in [-0.2, -0.15) is 0 Å². The summed E-state index contributed by atoms with van der Waals surface area (Å²) in [5.74, 6) is 0.738. The monoisotopic (exact) mass is 471 g/mol. The Morgan fingerprint density at radius 1 is 0.821 bits per heavy atom. The lowest BCUT2D eigenvalue weighted by molar-refractivity contribution is 0.418. The van der Waals surface area contributed by atoms with Crippen LogP contribution >= 0.6 is 39.1 Å². The minimum atomic E-state index is -0.0000561. The molecule has 5 heteroatoms. The highest BCUT2D eigenvalue weighted by atomic mass is 79.9. The Labute approximate surface area is 182 Å². The van der Waals surface area contributed by atoms with Gasteiger partial charge in [-0.15, -0.1) is 0 Å². The molecule has 3 aromatic carbocycles. The van der Waals surface area contributed by atoms with Gasteiger partial charge in [0.05, 0.1) is 7.11 Å². The van der Waals surface area contributed by atoms with Crippen LogP contribution in [0.3, 0.4) is 0 Å². The Morgan fingerprint density at radius 2 is 1.39 bits per heavy atom. The van der Waals surface area contributed by atoms with E-state index in [1.807, 2.05) is 30.3 Å². The molecule has 2 nitrogen and oxygen atoms in total. The first-order valence-electron chi connectivity index (χ1n) is 8.70. The van der Waals surface area contributed by atoms with Gasteiger partial charge >= 0.3 is 0 Å². The molecule has 0 aliphatic carbocycles. The summed E-state index contributed by atoms with van der Waals surface area (Å²) in [4.78, 5) is 4.49. The summed E-state index contributed by atoms with van der Waals surface area (Å²) in [7, 11) is 1.67. The van der Waals surface area contributed by atoms with E-state index in [1.165, 1.54) is 0 Å². The van der Waals surface area contributed by atoms with Gasteiger partial charge in [0.2, 0.25) is 0 Å². The van der Waals surface area contributed by atoms with Crippen LogP contribution in [0.15, 0.2) is 77.4 Å². The molecule has 28 heavy (non-hydrogen) atoms. The molecule has 0 unspecified atom stereocenters. The molecular weight excluding hydrogens is 457 g/mol. The second kappa shape index (κ2) is 8.12. The molecule has 0 saturated heterocycles. The minimum absolute atomic E-state index is 0.0000561. The van der Waals surface area contributed by atoms with Crippen molar-refractivity contribution in [1.82, 2.24) is 4.98 Å². The van der Waals surface area contributed by atoms with Crippen LogP contribution in [-0.2, 0) is 0 Å². The smallest absolute Gasteiger partial charge is 0.145 e. The van der Waals surface area contributed by atoms with Crippen LogP contribution in [0.2, 0.25) is 10.0 Å². The first kappa shape index (κ1) is 19.3. The van der Waals surface area contributed by atoms with Gasteiger partial charge in [0.15, 0.2) is 0 Å². The minimum Gasteiger partial charge on any atom is -0.494 e. The standard InChI is InChI=1S/C23H16BrCl2NO/c1-28-21-13-16(12-19-20(24)10-11-27-23(19)21)22(14-2-6-17(25)7-3-14)15-4-8-18(26)9-5-15/h2-13,22H,1H3. The number of halogens is 3. The van der Waals surface area contributed by atoms with Crippen molar-refractivity contribution in [3.63, 3.8) is 0 Å². The fraction of sp³-hybridized carbons (Fsp3) is 0.0870. The molecule has 0 amide bonds. The summed E-state index contributed by atoms with van der Waals surface area (Å²) in [5.41, 5.74) is 4.19. The van der Waals surface area contributed by atoms with Crippen LogP contribution in [-0.4, -0.2) is 12.1 Å². The molecular formula is C23H16BrCl2NO.